The second-order valence-corrected chi connectivity index (χ2v) is 2.98. The van der Waals surface area contributed by atoms with Crippen LogP contribution in [0.3, 0.4) is 0 Å². The van der Waals surface area contributed by atoms with Gasteiger partial charge in [0.15, 0.2) is 0 Å². The Labute approximate surface area is 72.1 Å². The summed E-state index contributed by atoms with van der Waals surface area (Å²) >= 11 is 0. The van der Waals surface area contributed by atoms with Gasteiger partial charge in [-0.1, -0.05) is 0 Å². The molecule has 0 bridgehead atoms. The summed E-state index contributed by atoms with van der Waals surface area (Å²) in [5.74, 6) is -0.954. The van der Waals surface area contributed by atoms with Crippen molar-refractivity contribution in [2.75, 3.05) is 19.7 Å². The van der Waals surface area contributed by atoms with Crippen molar-refractivity contribution in [3.63, 3.8) is 0 Å². The maximum absolute atomic E-state index is 10.6. The van der Waals surface area contributed by atoms with Gasteiger partial charge in [0.2, 0.25) is 0 Å². The van der Waals surface area contributed by atoms with Crippen LogP contribution in [-0.2, 0) is 9.63 Å². The van der Waals surface area contributed by atoms with Gasteiger partial charge in [0, 0.05) is 13.1 Å². The molecule has 1 N–H and O–H groups in total. The molecule has 0 aliphatic carbocycles. The third-order valence-electron chi connectivity index (χ3n) is 2.05. The van der Waals surface area contributed by atoms with Crippen LogP contribution in [0, 0.1) is 5.92 Å². The van der Waals surface area contributed by atoms with Crippen molar-refractivity contribution >= 4 is 5.97 Å². The zero-order chi connectivity index (χ0) is 8.97. The average molecular weight is 173 g/mol. The van der Waals surface area contributed by atoms with Crippen molar-refractivity contribution in [2.24, 2.45) is 5.92 Å². The molecule has 1 fully saturated rings. The lowest BCUT2D eigenvalue weighted by Crippen LogP contribution is -2.38. The summed E-state index contributed by atoms with van der Waals surface area (Å²) in [6, 6.07) is 0. The highest BCUT2D eigenvalue weighted by atomic mass is 16.7. The number of nitrogens with zero attached hydrogens (tertiary/aromatic N) is 1. The van der Waals surface area contributed by atoms with Crippen LogP contribution in [0.2, 0.25) is 0 Å². The Balaban J connectivity index is 2.35. The molecule has 4 nitrogen and oxygen atoms in total. The SMILES string of the molecule is CCON1CCCC(C(=O)O)C1. The van der Waals surface area contributed by atoms with E-state index < -0.39 is 5.97 Å². The first-order valence-electron chi connectivity index (χ1n) is 4.34. The average Bonchev–Trinajstić information content (AvgIpc) is 2.05. The number of hydrogen-bond donors (Lipinski definition) is 1. The molecule has 12 heavy (non-hydrogen) atoms. The zero-order valence-electron chi connectivity index (χ0n) is 7.32. The van der Waals surface area contributed by atoms with Crippen LogP contribution in [0.25, 0.3) is 0 Å². The molecular formula is C8H15NO3. The number of aliphatic carboxylic acids is 1. The molecule has 1 unspecified atom stereocenters. The van der Waals surface area contributed by atoms with E-state index in [1.54, 1.807) is 5.06 Å². The number of hydroxylamine groups is 2. The quantitative estimate of drug-likeness (QED) is 0.683. The first kappa shape index (κ1) is 9.48. The van der Waals surface area contributed by atoms with Crippen LogP contribution >= 0.6 is 0 Å². The number of carboxylic acid groups (broad SMARTS) is 1. The van der Waals surface area contributed by atoms with Crippen LogP contribution in [0.1, 0.15) is 19.8 Å². The maximum Gasteiger partial charge on any atom is 0.307 e. The molecule has 0 spiro atoms. The van der Waals surface area contributed by atoms with Gasteiger partial charge in [-0.25, -0.2) is 0 Å². The molecule has 1 aliphatic heterocycles. The second-order valence-electron chi connectivity index (χ2n) is 2.98. The third kappa shape index (κ3) is 2.46. The minimum Gasteiger partial charge on any atom is -0.481 e. The summed E-state index contributed by atoms with van der Waals surface area (Å²) in [5.41, 5.74) is 0. The van der Waals surface area contributed by atoms with E-state index in [-0.39, 0.29) is 5.92 Å². The minimum absolute atomic E-state index is 0.245. The number of carbonyl (C=O) groups is 1. The number of carboxylic acids is 1. The van der Waals surface area contributed by atoms with Crippen molar-refractivity contribution in [2.45, 2.75) is 19.8 Å². The molecule has 1 aliphatic rings. The standard InChI is InChI=1S/C8H15NO3/c1-2-12-9-5-3-4-7(6-9)8(10)11/h7H,2-6H2,1H3,(H,10,11). The Hall–Kier alpha value is -0.610. The van der Waals surface area contributed by atoms with Crippen LogP contribution in [0.4, 0.5) is 0 Å². The van der Waals surface area contributed by atoms with Crippen molar-refractivity contribution in [1.82, 2.24) is 5.06 Å². The molecule has 1 heterocycles. The van der Waals surface area contributed by atoms with E-state index >= 15 is 0 Å². The van der Waals surface area contributed by atoms with E-state index in [0.29, 0.717) is 13.2 Å². The maximum atomic E-state index is 10.6. The van der Waals surface area contributed by atoms with E-state index in [9.17, 15) is 4.79 Å². The smallest absolute Gasteiger partial charge is 0.307 e. The summed E-state index contributed by atoms with van der Waals surface area (Å²) in [7, 11) is 0. The van der Waals surface area contributed by atoms with E-state index in [1.165, 1.54) is 0 Å². The summed E-state index contributed by atoms with van der Waals surface area (Å²) in [4.78, 5) is 15.9. The summed E-state index contributed by atoms with van der Waals surface area (Å²) in [5, 5.41) is 10.5. The monoisotopic (exact) mass is 173 g/mol. The third-order valence-corrected chi connectivity index (χ3v) is 2.05. The van der Waals surface area contributed by atoms with E-state index in [0.717, 1.165) is 19.4 Å². The van der Waals surface area contributed by atoms with Gasteiger partial charge in [0.05, 0.1) is 12.5 Å². The van der Waals surface area contributed by atoms with Crippen LogP contribution in [0.5, 0.6) is 0 Å². The number of piperidine rings is 1. The lowest BCUT2D eigenvalue weighted by atomic mass is 10.00. The highest BCUT2D eigenvalue weighted by Crippen LogP contribution is 2.16. The largest absolute Gasteiger partial charge is 0.481 e. The normalized spacial score (nSPS) is 25.6. The molecular weight excluding hydrogens is 158 g/mol. The topological polar surface area (TPSA) is 49.8 Å². The Bertz CT molecular complexity index is 158. The lowest BCUT2D eigenvalue weighted by Gasteiger charge is -2.29. The zero-order valence-corrected chi connectivity index (χ0v) is 7.32. The minimum atomic E-state index is -0.709. The Morgan fingerprint density at radius 3 is 3.08 bits per heavy atom. The van der Waals surface area contributed by atoms with Gasteiger partial charge < -0.3 is 5.11 Å². The Kier molecular flexibility index (Phi) is 3.49. The summed E-state index contributed by atoms with van der Waals surface area (Å²) in [6.07, 6.45) is 1.69. The highest BCUT2D eigenvalue weighted by Gasteiger charge is 2.25. The van der Waals surface area contributed by atoms with Crippen LogP contribution in [0.15, 0.2) is 0 Å². The van der Waals surface area contributed by atoms with E-state index in [1.807, 2.05) is 6.92 Å². The van der Waals surface area contributed by atoms with Gasteiger partial charge in [-0.2, -0.15) is 5.06 Å². The van der Waals surface area contributed by atoms with E-state index in [4.69, 9.17) is 9.94 Å². The van der Waals surface area contributed by atoms with E-state index in [2.05, 4.69) is 0 Å². The predicted octanol–water partition coefficient (Wildman–Crippen LogP) is 0.735. The molecule has 0 radical (unpaired) electrons. The number of rotatable bonds is 3. The number of hydrogen-bond acceptors (Lipinski definition) is 3. The fourth-order valence-electron chi connectivity index (χ4n) is 1.44. The molecule has 70 valence electrons. The predicted molar refractivity (Wildman–Crippen MR) is 43.6 cm³/mol. The molecule has 0 aromatic carbocycles. The van der Waals surface area contributed by atoms with Gasteiger partial charge in [0.1, 0.15) is 0 Å². The fraction of sp³-hybridized carbons (Fsp3) is 0.875. The molecule has 0 aromatic heterocycles. The molecule has 0 amide bonds. The van der Waals surface area contributed by atoms with Crippen molar-refractivity contribution in [3.05, 3.63) is 0 Å². The van der Waals surface area contributed by atoms with Crippen molar-refractivity contribution in [1.29, 1.82) is 0 Å². The lowest BCUT2D eigenvalue weighted by molar-refractivity contribution is -0.182. The first-order chi connectivity index (χ1) is 5.74. The Morgan fingerprint density at radius 1 is 1.75 bits per heavy atom. The molecule has 0 aromatic rings. The van der Waals surface area contributed by atoms with Crippen molar-refractivity contribution in [3.8, 4) is 0 Å². The molecule has 1 saturated heterocycles. The van der Waals surface area contributed by atoms with Gasteiger partial charge in [0.25, 0.3) is 0 Å². The van der Waals surface area contributed by atoms with Crippen LogP contribution < -0.4 is 0 Å². The Morgan fingerprint density at radius 2 is 2.50 bits per heavy atom. The van der Waals surface area contributed by atoms with Gasteiger partial charge in [-0.05, 0) is 19.8 Å². The van der Waals surface area contributed by atoms with Gasteiger partial charge >= 0.3 is 5.97 Å². The fourth-order valence-corrected chi connectivity index (χ4v) is 1.44. The highest BCUT2D eigenvalue weighted by molar-refractivity contribution is 5.70. The van der Waals surface area contributed by atoms with Crippen molar-refractivity contribution < 1.29 is 14.7 Å². The van der Waals surface area contributed by atoms with Gasteiger partial charge in [-0.3, -0.25) is 9.63 Å². The second kappa shape index (κ2) is 4.42. The summed E-state index contributed by atoms with van der Waals surface area (Å²) < 4.78 is 0. The van der Waals surface area contributed by atoms with Gasteiger partial charge in [-0.15, -0.1) is 0 Å². The first-order valence-corrected chi connectivity index (χ1v) is 4.34. The summed E-state index contributed by atoms with van der Waals surface area (Å²) in [6.45, 7) is 3.91. The molecule has 4 heteroatoms. The molecule has 1 atom stereocenters. The molecule has 1 rings (SSSR count). The van der Waals surface area contributed by atoms with Crippen LogP contribution in [-0.4, -0.2) is 35.8 Å². The molecule has 0 saturated carbocycles.